The summed E-state index contributed by atoms with van der Waals surface area (Å²) in [5.74, 6) is 0. The molecule has 0 bridgehead atoms. The van der Waals surface area contributed by atoms with E-state index in [-0.39, 0.29) is 6.61 Å². The lowest BCUT2D eigenvalue weighted by atomic mass is 9.93. The van der Waals surface area contributed by atoms with Gasteiger partial charge in [-0.15, -0.1) is 0 Å². The molecule has 0 fully saturated rings. The normalized spacial score (nSPS) is 15.0. The van der Waals surface area contributed by atoms with Gasteiger partial charge in [-0.05, 0) is 18.1 Å². The predicted molar refractivity (Wildman–Crippen MR) is 55.2 cm³/mol. The van der Waals surface area contributed by atoms with Gasteiger partial charge in [0.15, 0.2) is 0 Å². The van der Waals surface area contributed by atoms with Crippen LogP contribution in [0.5, 0.6) is 0 Å². The van der Waals surface area contributed by atoms with Gasteiger partial charge in [-0.25, -0.2) is 0 Å². The molecule has 3 N–H and O–H groups in total. The second kappa shape index (κ2) is 3.73. The van der Waals surface area contributed by atoms with Gasteiger partial charge in [-0.3, -0.25) is 0 Å². The van der Waals surface area contributed by atoms with E-state index in [2.05, 4.69) is 6.58 Å². The molecule has 0 amide bonds. The minimum Gasteiger partial charge on any atom is -0.394 e. The summed E-state index contributed by atoms with van der Waals surface area (Å²) in [5, 5.41) is 9.03. The van der Waals surface area contributed by atoms with Crippen molar-refractivity contribution in [2.75, 3.05) is 6.61 Å². The van der Waals surface area contributed by atoms with Crippen molar-refractivity contribution < 1.29 is 5.11 Å². The molecule has 0 aromatic heterocycles. The summed E-state index contributed by atoms with van der Waals surface area (Å²) in [6.45, 7) is 5.41. The third-order valence-corrected chi connectivity index (χ3v) is 2.13. The number of aliphatic hydroxyl groups is 1. The van der Waals surface area contributed by atoms with E-state index in [9.17, 15) is 0 Å². The van der Waals surface area contributed by atoms with Crippen LogP contribution in [0.3, 0.4) is 0 Å². The molecule has 0 aliphatic carbocycles. The van der Waals surface area contributed by atoms with Gasteiger partial charge >= 0.3 is 0 Å². The zero-order chi connectivity index (χ0) is 9.90. The van der Waals surface area contributed by atoms with E-state index in [1.165, 1.54) is 0 Å². The van der Waals surface area contributed by atoms with E-state index >= 15 is 0 Å². The lowest BCUT2D eigenvalue weighted by molar-refractivity contribution is 0.210. The van der Waals surface area contributed by atoms with Crippen molar-refractivity contribution in [1.29, 1.82) is 0 Å². The van der Waals surface area contributed by atoms with Gasteiger partial charge in [0, 0.05) is 0 Å². The van der Waals surface area contributed by atoms with Crippen LogP contribution in [0, 0.1) is 0 Å². The van der Waals surface area contributed by atoms with Gasteiger partial charge in [0.1, 0.15) is 0 Å². The molecule has 0 spiro atoms. The fourth-order valence-corrected chi connectivity index (χ4v) is 1.09. The Kier molecular flexibility index (Phi) is 2.86. The Morgan fingerprint density at radius 3 is 2.38 bits per heavy atom. The standard InChI is InChI=1S/C11H15NO/c1-3-9-4-6-10(7-5-9)11(2,12)8-13/h3-7,13H,1,8,12H2,2H3. The topological polar surface area (TPSA) is 46.2 Å². The predicted octanol–water partition coefficient (Wildman–Crippen LogP) is 1.50. The first-order valence-corrected chi connectivity index (χ1v) is 4.23. The summed E-state index contributed by atoms with van der Waals surface area (Å²) >= 11 is 0. The fraction of sp³-hybridized carbons (Fsp3) is 0.273. The van der Waals surface area contributed by atoms with Gasteiger partial charge in [0.05, 0.1) is 12.1 Å². The summed E-state index contributed by atoms with van der Waals surface area (Å²) in [5.41, 5.74) is 7.18. The van der Waals surface area contributed by atoms with Crippen LogP contribution in [0.1, 0.15) is 18.1 Å². The number of aliphatic hydroxyl groups excluding tert-OH is 1. The molecule has 2 nitrogen and oxygen atoms in total. The number of hydrogen-bond donors (Lipinski definition) is 2. The molecule has 0 saturated carbocycles. The molecule has 70 valence electrons. The molecule has 1 aromatic rings. The first kappa shape index (κ1) is 9.96. The van der Waals surface area contributed by atoms with E-state index < -0.39 is 5.54 Å². The largest absolute Gasteiger partial charge is 0.394 e. The Bertz CT molecular complexity index is 287. The number of benzene rings is 1. The minimum atomic E-state index is -0.653. The average molecular weight is 177 g/mol. The highest BCUT2D eigenvalue weighted by atomic mass is 16.3. The molecular formula is C11H15NO. The fourth-order valence-electron chi connectivity index (χ4n) is 1.09. The van der Waals surface area contributed by atoms with Crippen molar-refractivity contribution in [1.82, 2.24) is 0 Å². The quantitative estimate of drug-likeness (QED) is 0.735. The Morgan fingerprint density at radius 1 is 1.46 bits per heavy atom. The number of hydrogen-bond acceptors (Lipinski definition) is 2. The third kappa shape index (κ3) is 2.17. The molecular weight excluding hydrogens is 162 g/mol. The summed E-state index contributed by atoms with van der Waals surface area (Å²) in [6, 6.07) is 7.69. The monoisotopic (exact) mass is 177 g/mol. The van der Waals surface area contributed by atoms with Crippen LogP contribution in [0.25, 0.3) is 6.08 Å². The van der Waals surface area contributed by atoms with Crippen LogP contribution in [0.2, 0.25) is 0 Å². The maximum absolute atomic E-state index is 9.03. The Morgan fingerprint density at radius 2 is 2.00 bits per heavy atom. The van der Waals surface area contributed by atoms with E-state index in [1.54, 1.807) is 13.0 Å². The highest BCUT2D eigenvalue weighted by Gasteiger charge is 2.18. The lowest BCUT2D eigenvalue weighted by Crippen LogP contribution is -2.36. The molecule has 1 atom stereocenters. The van der Waals surface area contributed by atoms with Gasteiger partial charge in [-0.1, -0.05) is 36.9 Å². The smallest absolute Gasteiger partial charge is 0.0650 e. The number of rotatable bonds is 3. The van der Waals surface area contributed by atoms with Crippen molar-refractivity contribution in [2.24, 2.45) is 5.73 Å². The number of nitrogens with two attached hydrogens (primary N) is 1. The summed E-state index contributed by atoms with van der Waals surface area (Å²) < 4.78 is 0. The first-order chi connectivity index (χ1) is 6.10. The maximum Gasteiger partial charge on any atom is 0.0650 e. The Balaban J connectivity index is 2.98. The second-order valence-electron chi connectivity index (χ2n) is 3.40. The molecule has 0 saturated heterocycles. The van der Waals surface area contributed by atoms with Crippen molar-refractivity contribution in [3.63, 3.8) is 0 Å². The van der Waals surface area contributed by atoms with E-state index in [1.807, 2.05) is 24.3 Å². The summed E-state index contributed by atoms with van der Waals surface area (Å²) in [6.07, 6.45) is 1.77. The molecule has 1 aromatic carbocycles. The molecule has 0 heterocycles. The molecule has 2 heteroatoms. The van der Waals surface area contributed by atoms with Crippen LogP contribution in [0.15, 0.2) is 30.8 Å². The van der Waals surface area contributed by atoms with Gasteiger partial charge in [-0.2, -0.15) is 0 Å². The van der Waals surface area contributed by atoms with Crippen LogP contribution >= 0.6 is 0 Å². The van der Waals surface area contributed by atoms with Crippen molar-refractivity contribution in [3.05, 3.63) is 42.0 Å². The maximum atomic E-state index is 9.03. The molecule has 0 aliphatic rings. The molecule has 1 rings (SSSR count). The molecule has 1 unspecified atom stereocenters. The Labute approximate surface area is 78.7 Å². The van der Waals surface area contributed by atoms with Crippen molar-refractivity contribution in [2.45, 2.75) is 12.5 Å². The van der Waals surface area contributed by atoms with Crippen LogP contribution in [0.4, 0.5) is 0 Å². The zero-order valence-corrected chi connectivity index (χ0v) is 7.83. The van der Waals surface area contributed by atoms with E-state index in [4.69, 9.17) is 10.8 Å². The highest BCUT2D eigenvalue weighted by molar-refractivity contribution is 5.47. The second-order valence-corrected chi connectivity index (χ2v) is 3.40. The van der Waals surface area contributed by atoms with Gasteiger partial charge in [0.2, 0.25) is 0 Å². The van der Waals surface area contributed by atoms with E-state index in [0.717, 1.165) is 11.1 Å². The SMILES string of the molecule is C=Cc1ccc(C(C)(N)CO)cc1. The molecule has 13 heavy (non-hydrogen) atoms. The van der Waals surface area contributed by atoms with Crippen molar-refractivity contribution in [3.8, 4) is 0 Å². The van der Waals surface area contributed by atoms with E-state index in [0.29, 0.717) is 0 Å². The van der Waals surface area contributed by atoms with Gasteiger partial charge < -0.3 is 10.8 Å². The minimum absolute atomic E-state index is 0.0551. The summed E-state index contributed by atoms with van der Waals surface area (Å²) in [4.78, 5) is 0. The van der Waals surface area contributed by atoms with Crippen LogP contribution in [-0.2, 0) is 5.54 Å². The summed E-state index contributed by atoms with van der Waals surface area (Å²) in [7, 11) is 0. The third-order valence-electron chi connectivity index (χ3n) is 2.13. The van der Waals surface area contributed by atoms with Crippen LogP contribution < -0.4 is 5.73 Å². The highest BCUT2D eigenvalue weighted by Crippen LogP contribution is 2.17. The zero-order valence-electron chi connectivity index (χ0n) is 7.83. The average Bonchev–Trinajstić information content (AvgIpc) is 2.18. The molecule has 0 radical (unpaired) electrons. The van der Waals surface area contributed by atoms with Gasteiger partial charge in [0.25, 0.3) is 0 Å². The first-order valence-electron chi connectivity index (χ1n) is 4.23. The Hall–Kier alpha value is -1.12. The molecule has 0 aliphatic heterocycles. The van der Waals surface area contributed by atoms with Crippen molar-refractivity contribution >= 4 is 6.08 Å². The van der Waals surface area contributed by atoms with Crippen LogP contribution in [-0.4, -0.2) is 11.7 Å². The lowest BCUT2D eigenvalue weighted by Gasteiger charge is -2.22.